The molecule has 0 radical (unpaired) electrons. The summed E-state index contributed by atoms with van der Waals surface area (Å²) in [7, 11) is -2.23. The first-order chi connectivity index (χ1) is 13.0. The number of hydrogen-bond acceptors (Lipinski definition) is 4. The number of rotatable bonds is 6. The zero-order valence-electron chi connectivity index (χ0n) is 14.7. The van der Waals surface area contributed by atoms with Gasteiger partial charge in [0, 0.05) is 31.5 Å². The Morgan fingerprint density at radius 3 is 2.41 bits per heavy atom. The van der Waals surface area contributed by atoms with Crippen LogP contribution < -0.4 is 9.62 Å². The Bertz CT molecular complexity index is 1020. The molecule has 0 spiro atoms. The average Bonchev–Trinajstić information content (AvgIpc) is 2.73. The number of sulfonamides is 1. The van der Waals surface area contributed by atoms with Crippen LogP contribution in [0.3, 0.4) is 0 Å². The summed E-state index contributed by atoms with van der Waals surface area (Å²) in [5.74, 6) is -0.279. The van der Waals surface area contributed by atoms with Crippen molar-refractivity contribution in [2.45, 2.75) is 11.4 Å². The summed E-state index contributed by atoms with van der Waals surface area (Å²) in [5.41, 5.74) is 1.73. The van der Waals surface area contributed by atoms with Crippen molar-refractivity contribution >= 4 is 21.6 Å². The van der Waals surface area contributed by atoms with E-state index in [2.05, 4.69) is 10.3 Å². The fourth-order valence-electron chi connectivity index (χ4n) is 2.52. The van der Waals surface area contributed by atoms with Crippen LogP contribution in [0.1, 0.15) is 15.9 Å². The summed E-state index contributed by atoms with van der Waals surface area (Å²) in [6.07, 6.45) is 3.32. The molecule has 0 bridgehead atoms. The lowest BCUT2D eigenvalue weighted by atomic mass is 10.2. The lowest BCUT2D eigenvalue weighted by Gasteiger charge is -2.20. The maximum absolute atomic E-state index is 12.7. The molecule has 2 aromatic carbocycles. The third kappa shape index (κ3) is 4.32. The Morgan fingerprint density at radius 1 is 1.00 bits per heavy atom. The highest BCUT2D eigenvalue weighted by molar-refractivity contribution is 7.92. The standard InChI is InChI=1S/C20H19N3O3S/c1-23(27(25,26)19-8-3-2-4-9-19)18-7-5-6-17(14-18)20(24)22-15-16-10-12-21-13-11-16/h2-14H,15H2,1H3,(H,22,24). The second-order valence-electron chi connectivity index (χ2n) is 5.87. The molecule has 7 heteroatoms. The topological polar surface area (TPSA) is 79.4 Å². The molecule has 0 fully saturated rings. The van der Waals surface area contributed by atoms with Gasteiger partial charge < -0.3 is 5.32 Å². The first-order valence-corrected chi connectivity index (χ1v) is 9.73. The second-order valence-corrected chi connectivity index (χ2v) is 7.84. The fraction of sp³-hybridized carbons (Fsp3) is 0.100. The van der Waals surface area contributed by atoms with Gasteiger partial charge in [-0.1, -0.05) is 24.3 Å². The Morgan fingerprint density at radius 2 is 1.70 bits per heavy atom. The smallest absolute Gasteiger partial charge is 0.264 e. The van der Waals surface area contributed by atoms with Gasteiger partial charge in [-0.25, -0.2) is 8.42 Å². The highest BCUT2D eigenvalue weighted by Crippen LogP contribution is 2.22. The van der Waals surface area contributed by atoms with E-state index in [-0.39, 0.29) is 10.8 Å². The molecule has 6 nitrogen and oxygen atoms in total. The molecule has 0 aliphatic heterocycles. The van der Waals surface area contributed by atoms with E-state index in [9.17, 15) is 13.2 Å². The number of aromatic nitrogens is 1. The van der Waals surface area contributed by atoms with Crippen molar-refractivity contribution in [1.29, 1.82) is 0 Å². The van der Waals surface area contributed by atoms with Crippen molar-refractivity contribution in [3.8, 4) is 0 Å². The Hall–Kier alpha value is -3.19. The van der Waals surface area contributed by atoms with E-state index < -0.39 is 10.0 Å². The molecule has 3 rings (SSSR count). The lowest BCUT2D eigenvalue weighted by Crippen LogP contribution is -2.27. The van der Waals surface area contributed by atoms with Crippen molar-refractivity contribution < 1.29 is 13.2 Å². The zero-order chi connectivity index (χ0) is 19.3. The van der Waals surface area contributed by atoms with E-state index >= 15 is 0 Å². The molecule has 1 heterocycles. The van der Waals surface area contributed by atoms with Crippen molar-refractivity contribution in [2.75, 3.05) is 11.4 Å². The minimum atomic E-state index is -3.70. The molecule has 1 amide bonds. The number of pyridine rings is 1. The number of nitrogens with one attached hydrogen (secondary N) is 1. The zero-order valence-corrected chi connectivity index (χ0v) is 15.6. The van der Waals surface area contributed by atoms with Gasteiger partial charge in [0.1, 0.15) is 0 Å². The summed E-state index contributed by atoms with van der Waals surface area (Å²) in [6, 6.07) is 18.3. The van der Waals surface area contributed by atoms with Crippen LogP contribution in [0.15, 0.2) is 84.0 Å². The fourth-order valence-corrected chi connectivity index (χ4v) is 3.73. The monoisotopic (exact) mass is 381 g/mol. The van der Waals surface area contributed by atoms with Crippen LogP contribution >= 0.6 is 0 Å². The maximum Gasteiger partial charge on any atom is 0.264 e. The molecule has 138 valence electrons. The predicted octanol–water partition coefficient (Wildman–Crippen LogP) is 2.84. The molecule has 1 aromatic heterocycles. The van der Waals surface area contributed by atoms with Gasteiger partial charge in [-0.3, -0.25) is 14.1 Å². The first kappa shape index (κ1) is 18.6. The number of nitrogens with zero attached hydrogens (tertiary/aromatic N) is 2. The van der Waals surface area contributed by atoms with Crippen molar-refractivity contribution in [3.05, 3.63) is 90.3 Å². The molecule has 0 saturated carbocycles. The van der Waals surface area contributed by atoms with E-state index in [1.54, 1.807) is 54.9 Å². The molecule has 0 atom stereocenters. The first-order valence-electron chi connectivity index (χ1n) is 8.29. The highest BCUT2D eigenvalue weighted by Gasteiger charge is 2.21. The summed E-state index contributed by atoms with van der Waals surface area (Å²) in [6.45, 7) is 0.365. The van der Waals surface area contributed by atoms with Crippen LogP contribution in [-0.2, 0) is 16.6 Å². The predicted molar refractivity (Wildman–Crippen MR) is 104 cm³/mol. The van der Waals surface area contributed by atoms with Crippen LogP contribution in [0.25, 0.3) is 0 Å². The van der Waals surface area contributed by atoms with E-state index in [1.165, 1.54) is 23.5 Å². The molecule has 3 aromatic rings. The molecule has 0 saturated heterocycles. The van der Waals surface area contributed by atoms with Gasteiger partial charge in [-0.2, -0.15) is 0 Å². The number of amides is 1. The van der Waals surface area contributed by atoms with Crippen molar-refractivity contribution in [1.82, 2.24) is 10.3 Å². The van der Waals surface area contributed by atoms with Crippen molar-refractivity contribution in [2.24, 2.45) is 0 Å². The van der Waals surface area contributed by atoms with Gasteiger partial charge in [0.25, 0.3) is 15.9 Å². The molecular weight excluding hydrogens is 362 g/mol. The SMILES string of the molecule is CN(c1cccc(C(=O)NCc2ccncc2)c1)S(=O)(=O)c1ccccc1. The van der Waals surface area contributed by atoms with Gasteiger partial charge >= 0.3 is 0 Å². The lowest BCUT2D eigenvalue weighted by molar-refractivity contribution is 0.0951. The number of carbonyl (C=O) groups excluding carboxylic acids is 1. The van der Waals surface area contributed by atoms with Gasteiger partial charge in [-0.05, 0) is 48.0 Å². The summed E-state index contributed by atoms with van der Waals surface area (Å²) < 4.78 is 26.7. The second kappa shape index (κ2) is 8.01. The van der Waals surface area contributed by atoms with Crippen LogP contribution in [0.4, 0.5) is 5.69 Å². The molecule has 0 unspecified atom stereocenters. The van der Waals surface area contributed by atoms with Gasteiger partial charge in [0.05, 0.1) is 10.6 Å². The number of benzene rings is 2. The number of carbonyl (C=O) groups is 1. The third-order valence-electron chi connectivity index (χ3n) is 4.08. The Labute approximate surface area is 158 Å². The van der Waals surface area contributed by atoms with Crippen LogP contribution in [0, 0.1) is 0 Å². The van der Waals surface area contributed by atoms with E-state index in [1.807, 2.05) is 12.1 Å². The molecule has 27 heavy (non-hydrogen) atoms. The normalized spacial score (nSPS) is 11.0. The molecular formula is C20H19N3O3S. The van der Waals surface area contributed by atoms with Gasteiger partial charge in [0.15, 0.2) is 0 Å². The van der Waals surface area contributed by atoms with E-state index in [0.717, 1.165) is 5.56 Å². The average molecular weight is 381 g/mol. The number of hydrogen-bond donors (Lipinski definition) is 1. The van der Waals surface area contributed by atoms with E-state index in [0.29, 0.717) is 17.8 Å². The molecule has 1 N–H and O–H groups in total. The van der Waals surface area contributed by atoms with E-state index in [4.69, 9.17) is 0 Å². The number of anilines is 1. The van der Waals surface area contributed by atoms with Gasteiger partial charge in [-0.15, -0.1) is 0 Å². The summed E-state index contributed by atoms with van der Waals surface area (Å²) in [5, 5.41) is 2.82. The van der Waals surface area contributed by atoms with Crippen molar-refractivity contribution in [3.63, 3.8) is 0 Å². The minimum absolute atomic E-state index is 0.194. The quantitative estimate of drug-likeness (QED) is 0.712. The molecule has 0 aliphatic carbocycles. The Kier molecular flexibility index (Phi) is 5.52. The highest BCUT2D eigenvalue weighted by atomic mass is 32.2. The minimum Gasteiger partial charge on any atom is -0.348 e. The molecule has 0 aliphatic rings. The van der Waals surface area contributed by atoms with Crippen LogP contribution in [0.5, 0.6) is 0 Å². The Balaban J connectivity index is 1.77. The third-order valence-corrected chi connectivity index (χ3v) is 5.88. The van der Waals surface area contributed by atoms with Crippen LogP contribution in [0.2, 0.25) is 0 Å². The summed E-state index contributed by atoms with van der Waals surface area (Å²) >= 11 is 0. The van der Waals surface area contributed by atoms with Gasteiger partial charge in [0.2, 0.25) is 0 Å². The summed E-state index contributed by atoms with van der Waals surface area (Å²) in [4.78, 5) is 16.5. The van der Waals surface area contributed by atoms with Crippen LogP contribution in [-0.4, -0.2) is 26.4 Å². The largest absolute Gasteiger partial charge is 0.348 e. The maximum atomic E-state index is 12.7.